The van der Waals surface area contributed by atoms with Crippen LogP contribution in [0.2, 0.25) is 0 Å². The third-order valence-corrected chi connectivity index (χ3v) is 2.95. The van der Waals surface area contributed by atoms with E-state index in [4.69, 9.17) is 0 Å². The molecule has 4 heteroatoms. The van der Waals surface area contributed by atoms with Crippen LogP contribution in [0.3, 0.4) is 0 Å². The number of rotatable bonds is 7. The largest absolute Gasteiger partial charge is 0.302 e. The van der Waals surface area contributed by atoms with Crippen molar-refractivity contribution in [3.05, 3.63) is 18.0 Å². The van der Waals surface area contributed by atoms with Gasteiger partial charge in [0.15, 0.2) is 0 Å². The molecule has 0 aromatic carbocycles. The van der Waals surface area contributed by atoms with Crippen molar-refractivity contribution in [1.29, 1.82) is 0 Å². The van der Waals surface area contributed by atoms with Gasteiger partial charge in [0.1, 0.15) is 0 Å². The van der Waals surface area contributed by atoms with Gasteiger partial charge in [-0.15, -0.1) is 0 Å². The molecule has 15 heavy (non-hydrogen) atoms. The Morgan fingerprint density at radius 1 is 1.40 bits per heavy atom. The lowest BCUT2D eigenvalue weighted by Crippen LogP contribution is -2.18. The molecular weight excluding hydrogens is 254 g/mol. The zero-order valence-corrected chi connectivity index (χ0v) is 11.2. The standard InChI is InChI=1S/C11H20BrN3/c1-14(7-5-3-4-6-12)9-11-8-13-15(2)10-11/h8,10H,3-7,9H2,1-2H3. The van der Waals surface area contributed by atoms with E-state index in [-0.39, 0.29) is 0 Å². The minimum Gasteiger partial charge on any atom is -0.302 e. The van der Waals surface area contributed by atoms with Crippen LogP contribution in [0.25, 0.3) is 0 Å². The molecule has 0 unspecified atom stereocenters. The zero-order valence-electron chi connectivity index (χ0n) is 9.62. The van der Waals surface area contributed by atoms with Crippen LogP contribution in [0.5, 0.6) is 0 Å². The number of halogens is 1. The predicted molar refractivity (Wildman–Crippen MR) is 67.2 cm³/mol. The second kappa shape index (κ2) is 7.01. The van der Waals surface area contributed by atoms with Gasteiger partial charge in [-0.1, -0.05) is 22.4 Å². The second-order valence-corrected chi connectivity index (χ2v) is 4.80. The van der Waals surface area contributed by atoms with Crippen molar-refractivity contribution in [3.63, 3.8) is 0 Å². The highest BCUT2D eigenvalue weighted by Gasteiger charge is 2.01. The monoisotopic (exact) mass is 273 g/mol. The first-order chi connectivity index (χ1) is 7.22. The number of hydrogen-bond donors (Lipinski definition) is 0. The molecule has 0 saturated carbocycles. The van der Waals surface area contributed by atoms with Gasteiger partial charge < -0.3 is 4.90 Å². The van der Waals surface area contributed by atoms with Crippen LogP contribution < -0.4 is 0 Å². The lowest BCUT2D eigenvalue weighted by Gasteiger charge is -2.14. The van der Waals surface area contributed by atoms with Crippen molar-refractivity contribution in [2.45, 2.75) is 25.8 Å². The SMILES string of the molecule is CN(CCCCCBr)Cc1cnn(C)c1. The Morgan fingerprint density at radius 2 is 2.20 bits per heavy atom. The Kier molecular flexibility index (Phi) is 5.95. The van der Waals surface area contributed by atoms with E-state index in [0.29, 0.717) is 0 Å². The summed E-state index contributed by atoms with van der Waals surface area (Å²) in [6, 6.07) is 0. The van der Waals surface area contributed by atoms with Gasteiger partial charge in [-0.25, -0.2) is 0 Å². The second-order valence-electron chi connectivity index (χ2n) is 4.01. The molecule has 0 aliphatic carbocycles. The highest BCUT2D eigenvalue weighted by molar-refractivity contribution is 9.09. The Balaban J connectivity index is 2.15. The molecule has 0 N–H and O–H groups in total. The van der Waals surface area contributed by atoms with Gasteiger partial charge in [0.05, 0.1) is 6.20 Å². The molecule has 0 spiro atoms. The highest BCUT2D eigenvalue weighted by Crippen LogP contribution is 2.04. The van der Waals surface area contributed by atoms with E-state index < -0.39 is 0 Å². The fourth-order valence-corrected chi connectivity index (χ4v) is 1.99. The minimum atomic E-state index is 1.00. The Bertz CT molecular complexity index is 273. The van der Waals surface area contributed by atoms with Crippen molar-refractivity contribution in [2.75, 3.05) is 18.9 Å². The van der Waals surface area contributed by atoms with Crippen LogP contribution in [0.4, 0.5) is 0 Å². The van der Waals surface area contributed by atoms with Crippen molar-refractivity contribution < 1.29 is 0 Å². The molecule has 0 aliphatic rings. The average molecular weight is 274 g/mol. The molecule has 0 amide bonds. The minimum absolute atomic E-state index is 1.00. The van der Waals surface area contributed by atoms with E-state index in [0.717, 1.165) is 11.9 Å². The first-order valence-electron chi connectivity index (χ1n) is 5.44. The van der Waals surface area contributed by atoms with Crippen LogP contribution in [-0.4, -0.2) is 33.6 Å². The van der Waals surface area contributed by atoms with Gasteiger partial charge in [-0.3, -0.25) is 4.68 Å². The van der Waals surface area contributed by atoms with Crippen molar-refractivity contribution in [2.24, 2.45) is 7.05 Å². The Morgan fingerprint density at radius 3 is 2.80 bits per heavy atom. The third kappa shape index (κ3) is 5.33. The fourth-order valence-electron chi connectivity index (χ4n) is 1.60. The summed E-state index contributed by atoms with van der Waals surface area (Å²) in [4.78, 5) is 2.35. The van der Waals surface area contributed by atoms with Crippen molar-refractivity contribution in [3.8, 4) is 0 Å². The van der Waals surface area contributed by atoms with E-state index in [1.807, 2.05) is 17.9 Å². The summed E-state index contributed by atoms with van der Waals surface area (Å²) in [7, 11) is 4.13. The summed E-state index contributed by atoms with van der Waals surface area (Å²) in [5.74, 6) is 0. The van der Waals surface area contributed by atoms with Gasteiger partial charge in [0.25, 0.3) is 0 Å². The summed E-state index contributed by atoms with van der Waals surface area (Å²) in [6.07, 6.45) is 7.88. The average Bonchev–Trinajstić information content (AvgIpc) is 2.59. The van der Waals surface area contributed by atoms with E-state index >= 15 is 0 Å². The van der Waals surface area contributed by atoms with Crippen LogP contribution >= 0.6 is 15.9 Å². The van der Waals surface area contributed by atoms with Gasteiger partial charge >= 0.3 is 0 Å². The van der Waals surface area contributed by atoms with E-state index in [9.17, 15) is 0 Å². The first-order valence-corrected chi connectivity index (χ1v) is 6.56. The summed E-state index contributed by atoms with van der Waals surface area (Å²) < 4.78 is 1.86. The topological polar surface area (TPSA) is 21.1 Å². The lowest BCUT2D eigenvalue weighted by molar-refractivity contribution is 0.318. The quantitative estimate of drug-likeness (QED) is 0.562. The predicted octanol–water partition coefficient (Wildman–Crippen LogP) is 2.42. The van der Waals surface area contributed by atoms with Crippen molar-refractivity contribution >= 4 is 15.9 Å². The molecule has 86 valence electrons. The van der Waals surface area contributed by atoms with Gasteiger partial charge in [0, 0.05) is 30.7 Å². The summed E-state index contributed by atoms with van der Waals surface area (Å²) in [5.41, 5.74) is 1.29. The molecule has 0 bridgehead atoms. The van der Waals surface area contributed by atoms with Crippen LogP contribution in [0, 0.1) is 0 Å². The normalized spacial score (nSPS) is 11.2. The number of aryl methyl sites for hydroxylation is 1. The summed E-state index contributed by atoms with van der Waals surface area (Å²) in [5, 5.41) is 5.29. The van der Waals surface area contributed by atoms with E-state index in [1.54, 1.807) is 0 Å². The number of alkyl halides is 1. The summed E-state index contributed by atoms with van der Waals surface area (Å²) >= 11 is 3.45. The van der Waals surface area contributed by atoms with Crippen LogP contribution in [0.1, 0.15) is 24.8 Å². The number of unbranched alkanes of at least 4 members (excludes halogenated alkanes) is 2. The maximum absolute atomic E-state index is 4.16. The molecule has 0 saturated heterocycles. The molecule has 1 heterocycles. The highest BCUT2D eigenvalue weighted by atomic mass is 79.9. The number of nitrogens with zero attached hydrogens (tertiary/aromatic N) is 3. The molecular formula is C11H20BrN3. The molecule has 0 fully saturated rings. The van der Waals surface area contributed by atoms with Crippen molar-refractivity contribution in [1.82, 2.24) is 14.7 Å². The molecule has 1 rings (SSSR count). The molecule has 1 aromatic rings. The van der Waals surface area contributed by atoms with Gasteiger partial charge in [-0.2, -0.15) is 5.10 Å². The molecule has 1 aromatic heterocycles. The molecule has 0 radical (unpaired) electrons. The number of aromatic nitrogens is 2. The molecule has 0 atom stereocenters. The summed E-state index contributed by atoms with van der Waals surface area (Å²) in [6.45, 7) is 2.17. The number of hydrogen-bond acceptors (Lipinski definition) is 2. The maximum atomic E-state index is 4.16. The molecule has 3 nitrogen and oxygen atoms in total. The third-order valence-electron chi connectivity index (χ3n) is 2.38. The fraction of sp³-hybridized carbons (Fsp3) is 0.727. The smallest absolute Gasteiger partial charge is 0.0534 e. The first kappa shape index (κ1) is 12.7. The van der Waals surface area contributed by atoms with Gasteiger partial charge in [-0.05, 0) is 26.4 Å². The maximum Gasteiger partial charge on any atom is 0.0534 e. The van der Waals surface area contributed by atoms with Crippen LogP contribution in [0.15, 0.2) is 12.4 Å². The lowest BCUT2D eigenvalue weighted by atomic mass is 10.2. The zero-order chi connectivity index (χ0) is 11.1. The van der Waals surface area contributed by atoms with Crippen LogP contribution in [-0.2, 0) is 13.6 Å². The Hall–Kier alpha value is -0.350. The van der Waals surface area contributed by atoms with E-state index in [1.165, 1.54) is 31.4 Å². The van der Waals surface area contributed by atoms with E-state index in [2.05, 4.69) is 39.2 Å². The molecule has 0 aliphatic heterocycles. The Labute approximate surface area is 101 Å². The van der Waals surface area contributed by atoms with Gasteiger partial charge in [0.2, 0.25) is 0 Å².